The van der Waals surface area contributed by atoms with Crippen molar-refractivity contribution in [2.75, 3.05) is 6.61 Å². The van der Waals surface area contributed by atoms with Gasteiger partial charge in [-0.25, -0.2) is 38.4 Å². The van der Waals surface area contributed by atoms with E-state index in [1.54, 1.807) is 178 Å². The van der Waals surface area contributed by atoms with E-state index in [4.69, 9.17) is 61.6 Å². The molecule has 21 nitrogen and oxygen atoms in total. The number of carbonyl (C=O) groups is 8. The smallest absolute Gasteiger partial charge is 0.338 e. The van der Waals surface area contributed by atoms with Crippen molar-refractivity contribution >= 4 is 47.8 Å². The second-order valence-electron chi connectivity index (χ2n) is 33.6. The van der Waals surface area contributed by atoms with Crippen LogP contribution in [0.2, 0.25) is 0 Å². The maximum Gasteiger partial charge on any atom is 0.338 e. The normalized spacial score (nSPS) is 12.3. The van der Waals surface area contributed by atoms with E-state index in [9.17, 15) is 38.4 Å². The van der Waals surface area contributed by atoms with Gasteiger partial charge >= 0.3 is 47.8 Å². The molecule has 0 saturated carbocycles. The number of hydrogen-bond donors (Lipinski definition) is 0. The van der Waals surface area contributed by atoms with Crippen LogP contribution in [0, 0.1) is 0 Å². The zero-order chi connectivity index (χ0) is 79.3. The Labute approximate surface area is 624 Å². The van der Waals surface area contributed by atoms with E-state index in [-0.39, 0.29) is 101 Å². The van der Waals surface area contributed by atoms with Crippen LogP contribution >= 0.6 is 0 Å². The molecule has 106 heavy (non-hydrogen) atoms. The molecule has 0 amide bonds. The predicted octanol–water partition coefficient (Wildman–Crippen LogP) is 18.2. The first kappa shape index (κ1) is 84.8. The Bertz CT molecular complexity index is 3500. The molecule has 0 aliphatic rings. The molecule has 0 heterocycles. The van der Waals surface area contributed by atoms with Gasteiger partial charge in [0.15, 0.2) is 0 Å². The number of esters is 8. The van der Waals surface area contributed by atoms with Gasteiger partial charge in [0.1, 0.15) is 107 Å². The second kappa shape index (κ2) is 34.4. The molecule has 6 rings (SSSR count). The molecule has 0 fully saturated rings. The molecule has 0 bridgehead atoms. The van der Waals surface area contributed by atoms with Gasteiger partial charge in [-0.15, -0.1) is 0 Å². The topological polar surface area (TPSA) is 257 Å². The van der Waals surface area contributed by atoms with Crippen molar-refractivity contribution < 1.29 is 99.9 Å². The van der Waals surface area contributed by atoms with Crippen molar-refractivity contribution in [2.24, 2.45) is 0 Å². The fourth-order valence-electron chi connectivity index (χ4n) is 9.74. The largest absolute Gasteiger partial charge is 0.490 e. The van der Waals surface area contributed by atoms with Gasteiger partial charge < -0.3 is 61.6 Å². The van der Waals surface area contributed by atoms with Crippen LogP contribution in [-0.4, -0.2) is 99.2 Å². The van der Waals surface area contributed by atoms with Gasteiger partial charge in [0.2, 0.25) is 0 Å². The van der Waals surface area contributed by atoms with Crippen molar-refractivity contribution in [1.29, 1.82) is 0 Å². The Hall–Kier alpha value is -10.2. The Balaban J connectivity index is 1.34. The summed E-state index contributed by atoms with van der Waals surface area (Å²) < 4.78 is 77.4. The monoisotopic (exact) mass is 1460 g/mol. The van der Waals surface area contributed by atoms with Gasteiger partial charge in [0.05, 0.1) is 44.5 Å². The van der Waals surface area contributed by atoms with E-state index < -0.39 is 92.6 Å². The number of aryl methyl sites for hydroxylation is 1. The summed E-state index contributed by atoms with van der Waals surface area (Å²) in [5.74, 6) is -4.27. The van der Waals surface area contributed by atoms with Crippen LogP contribution < -0.4 is 23.7 Å². The van der Waals surface area contributed by atoms with Crippen LogP contribution in [0.5, 0.6) is 28.7 Å². The number of rotatable bonds is 26. The van der Waals surface area contributed by atoms with Crippen LogP contribution in [-0.2, 0) is 70.7 Å². The molecule has 572 valence electrons. The highest BCUT2D eigenvalue weighted by Gasteiger charge is 2.29. The van der Waals surface area contributed by atoms with Gasteiger partial charge in [-0.3, -0.25) is 0 Å². The van der Waals surface area contributed by atoms with E-state index >= 15 is 0 Å². The molecule has 0 N–H and O–H groups in total. The van der Waals surface area contributed by atoms with Crippen LogP contribution in [0.3, 0.4) is 0 Å². The predicted molar refractivity (Wildman–Crippen MR) is 400 cm³/mol. The summed E-state index contributed by atoms with van der Waals surface area (Å²) in [6.07, 6.45) is 4.82. The maximum atomic E-state index is 13.5. The molecule has 0 unspecified atom stereocenters. The molecule has 6 aromatic carbocycles. The van der Waals surface area contributed by atoms with E-state index in [1.807, 2.05) is 36.4 Å². The Morgan fingerprint density at radius 2 is 0.406 bits per heavy atom. The first-order chi connectivity index (χ1) is 48.7. The van der Waals surface area contributed by atoms with Gasteiger partial charge in [0, 0.05) is 0 Å². The summed E-state index contributed by atoms with van der Waals surface area (Å²) >= 11 is 0. The zero-order valence-corrected chi connectivity index (χ0v) is 66.1. The Morgan fingerprint density at radius 1 is 0.226 bits per heavy atom. The third-order valence-corrected chi connectivity index (χ3v) is 13.6. The fourth-order valence-corrected chi connectivity index (χ4v) is 9.74. The molecule has 0 aromatic heterocycles. The lowest BCUT2D eigenvalue weighted by Crippen LogP contribution is -2.25. The van der Waals surface area contributed by atoms with Crippen molar-refractivity contribution in [3.05, 3.63) is 194 Å². The van der Waals surface area contributed by atoms with E-state index in [2.05, 4.69) is 0 Å². The minimum Gasteiger partial charge on any atom is -0.490 e. The van der Waals surface area contributed by atoms with Crippen LogP contribution in [0.4, 0.5) is 0 Å². The van der Waals surface area contributed by atoms with Crippen molar-refractivity contribution in [3.63, 3.8) is 0 Å². The number of benzene rings is 6. The third kappa shape index (κ3) is 30.5. The number of hydrogen-bond acceptors (Lipinski definition) is 21. The lowest BCUT2D eigenvalue weighted by atomic mass is 10.0. The Morgan fingerprint density at radius 3 is 0.604 bits per heavy atom. The molecule has 0 aliphatic carbocycles. The van der Waals surface area contributed by atoms with Crippen LogP contribution in [0.25, 0.3) is 0 Å². The van der Waals surface area contributed by atoms with E-state index in [0.29, 0.717) is 40.8 Å². The highest BCUT2D eigenvalue weighted by Crippen LogP contribution is 2.31. The lowest BCUT2D eigenvalue weighted by molar-refractivity contribution is 0.00457. The fraction of sp³-hybridized carbons (Fsp3) is 0.459. The van der Waals surface area contributed by atoms with Crippen molar-refractivity contribution in [1.82, 2.24) is 0 Å². The molecule has 0 atom stereocenters. The van der Waals surface area contributed by atoms with Crippen molar-refractivity contribution in [2.45, 2.75) is 250 Å². The van der Waals surface area contributed by atoms with Crippen molar-refractivity contribution in [3.8, 4) is 28.7 Å². The molecule has 21 heteroatoms. The maximum absolute atomic E-state index is 13.5. The molecule has 0 saturated heterocycles. The van der Waals surface area contributed by atoms with Gasteiger partial charge in [-0.2, -0.15) is 0 Å². The lowest BCUT2D eigenvalue weighted by Gasteiger charge is -2.22. The van der Waals surface area contributed by atoms with Crippen LogP contribution in [0.15, 0.2) is 121 Å². The van der Waals surface area contributed by atoms with Gasteiger partial charge in [-0.05, 0) is 304 Å². The SMILES string of the molecule is CC(C)(C)OC(=O)c1cc(OCc2cc(CC/C=C\COc3cc(COc4cc(C(=O)OC(C)(C)C)cc(C(=O)OC(C)(C)C)c4)cc(COc4cc(C(=O)OC(C)(C)C)cc(C(=O)OC(C)(C)C)c4)c3)cc(COc3cc(C(=O)OC(C)(C)C)cc(C(=O)OC(C)(C)C)c3)c2)cc(C(=O)OC(C)(C)C)c1. The molecule has 0 radical (unpaired) electrons. The summed E-state index contributed by atoms with van der Waals surface area (Å²) in [5, 5.41) is 0. The number of ether oxygens (including phenoxy) is 13. The molecular formula is C85H106O21. The highest BCUT2D eigenvalue weighted by molar-refractivity contribution is 5.99. The standard InChI is InChI=1S/C85H106O21/c1-78(2,3)99-70(86)57-36-58(71(87)100-79(4,5)6)41-66(40-57)95-48-53-30-52(31-54(32-53)49-96-67-42-59(72(88)101-80(7,8)9)37-60(43-67)73(89)102-81(10,11)12)28-26-25-27-29-94-65-34-55(50-97-68-44-61(74(90)103-82(13,14)15)38-62(45-68)75(91)104-83(16,17)18)33-56(35-65)51-98-69-46-63(76(92)105-84(19,20)21)39-64(47-69)77(93)106-85(22,23)24/h25,27,30-47H,26,28-29,48-51H2,1-24H3/b27-25-. The first-order valence-corrected chi connectivity index (χ1v) is 35.2. The molecule has 0 spiro atoms. The summed E-state index contributed by atoms with van der Waals surface area (Å²) in [6.45, 7) is 41.4. The van der Waals surface area contributed by atoms with E-state index in [1.165, 1.54) is 72.8 Å². The number of allylic oxidation sites excluding steroid dienone is 1. The minimum absolute atomic E-state index is 0.0404. The molecular weight excluding hydrogens is 1360 g/mol. The third-order valence-electron chi connectivity index (χ3n) is 13.6. The number of carbonyl (C=O) groups excluding carboxylic acids is 8. The van der Waals surface area contributed by atoms with E-state index in [0.717, 1.165) is 5.56 Å². The van der Waals surface area contributed by atoms with Gasteiger partial charge in [0.25, 0.3) is 0 Å². The van der Waals surface area contributed by atoms with Crippen LogP contribution in [0.1, 0.15) is 283 Å². The average molecular weight is 1460 g/mol. The first-order valence-electron chi connectivity index (χ1n) is 35.2. The highest BCUT2D eigenvalue weighted by atomic mass is 16.6. The summed E-state index contributed by atoms with van der Waals surface area (Å²) in [5.41, 5.74) is -2.81. The minimum atomic E-state index is -0.851. The zero-order valence-electron chi connectivity index (χ0n) is 66.1. The quantitative estimate of drug-likeness (QED) is 0.0278. The average Bonchev–Trinajstić information content (AvgIpc) is 0.849. The molecule has 6 aromatic rings. The summed E-state index contributed by atoms with van der Waals surface area (Å²) in [6, 6.07) is 28.7. The summed E-state index contributed by atoms with van der Waals surface area (Å²) in [7, 11) is 0. The van der Waals surface area contributed by atoms with Gasteiger partial charge in [-0.1, -0.05) is 24.3 Å². The molecule has 0 aliphatic heterocycles. The second-order valence-corrected chi connectivity index (χ2v) is 33.6. The summed E-state index contributed by atoms with van der Waals surface area (Å²) in [4.78, 5) is 108. The Kier molecular flexibility index (Phi) is 27.5.